The molecule has 0 amide bonds. The molecule has 1 aromatic heterocycles. The van der Waals surface area contributed by atoms with Crippen molar-refractivity contribution in [3.63, 3.8) is 0 Å². The number of rotatable bonds is 3. The predicted molar refractivity (Wildman–Crippen MR) is 68.4 cm³/mol. The van der Waals surface area contributed by atoms with E-state index in [1.54, 1.807) is 7.11 Å². The van der Waals surface area contributed by atoms with E-state index in [1.807, 2.05) is 18.2 Å². The van der Waals surface area contributed by atoms with Crippen LogP contribution in [-0.2, 0) is 10.6 Å². The van der Waals surface area contributed by atoms with E-state index in [-0.39, 0.29) is 0 Å². The summed E-state index contributed by atoms with van der Waals surface area (Å²) in [4.78, 5) is 4.58. The fourth-order valence-corrected chi connectivity index (χ4v) is 2.73. The Morgan fingerprint density at radius 1 is 1.41 bits per heavy atom. The van der Waals surface area contributed by atoms with E-state index in [1.165, 1.54) is 5.52 Å². The second kappa shape index (κ2) is 4.31. The maximum Gasteiger partial charge on any atom is 0.125 e. The molecule has 1 saturated carbocycles. The smallest absolute Gasteiger partial charge is 0.125 e. The second-order valence-electron chi connectivity index (χ2n) is 4.50. The highest BCUT2D eigenvalue weighted by Gasteiger charge is 2.32. The van der Waals surface area contributed by atoms with Gasteiger partial charge < -0.3 is 9.30 Å². The van der Waals surface area contributed by atoms with Crippen LogP contribution in [-0.4, -0.2) is 22.8 Å². The Balaban J connectivity index is 2.02. The molecule has 2 aromatic rings. The molecular formula is C13H15ClN2O. The molecule has 1 aliphatic carbocycles. The summed E-state index contributed by atoms with van der Waals surface area (Å²) in [5, 5.41) is 0. The maximum absolute atomic E-state index is 5.98. The van der Waals surface area contributed by atoms with Crippen LogP contribution in [0.1, 0.15) is 24.7 Å². The van der Waals surface area contributed by atoms with Crippen LogP contribution in [0.4, 0.5) is 0 Å². The molecule has 3 nitrogen and oxygen atoms in total. The van der Waals surface area contributed by atoms with Gasteiger partial charge in [-0.25, -0.2) is 4.98 Å². The average Bonchev–Trinajstić information content (AvgIpc) is 2.67. The molecule has 0 radical (unpaired) electrons. The third-order valence-electron chi connectivity index (χ3n) is 3.56. The van der Waals surface area contributed by atoms with E-state index in [0.717, 1.165) is 24.2 Å². The summed E-state index contributed by atoms with van der Waals surface area (Å²) >= 11 is 5.98. The number of aromatic nitrogens is 2. The fourth-order valence-electron chi connectivity index (χ4n) is 2.54. The Labute approximate surface area is 105 Å². The number of imidazole rings is 1. The Morgan fingerprint density at radius 2 is 2.18 bits per heavy atom. The molecule has 1 aliphatic rings. The van der Waals surface area contributed by atoms with Gasteiger partial charge in [-0.1, -0.05) is 12.1 Å². The molecule has 3 rings (SSSR count). The Hall–Kier alpha value is -1.06. The summed E-state index contributed by atoms with van der Waals surface area (Å²) in [6.45, 7) is 0. The molecule has 0 spiro atoms. The van der Waals surface area contributed by atoms with Crippen LogP contribution in [0.5, 0.6) is 0 Å². The molecule has 0 bridgehead atoms. The SMILES string of the molecule is COC1CC(n2c(CCl)nc3ccccc32)C1. The van der Waals surface area contributed by atoms with Gasteiger partial charge in [0, 0.05) is 13.2 Å². The zero-order valence-corrected chi connectivity index (χ0v) is 10.5. The van der Waals surface area contributed by atoms with Gasteiger partial charge in [-0.2, -0.15) is 0 Å². The van der Waals surface area contributed by atoms with E-state index >= 15 is 0 Å². The highest BCUT2D eigenvalue weighted by molar-refractivity contribution is 6.16. The van der Waals surface area contributed by atoms with Crippen molar-refractivity contribution in [1.82, 2.24) is 9.55 Å². The third kappa shape index (κ3) is 1.74. The van der Waals surface area contributed by atoms with E-state index < -0.39 is 0 Å². The average molecular weight is 251 g/mol. The van der Waals surface area contributed by atoms with Gasteiger partial charge in [0.15, 0.2) is 0 Å². The van der Waals surface area contributed by atoms with Crippen molar-refractivity contribution in [2.24, 2.45) is 0 Å². The number of para-hydroxylation sites is 2. The normalized spacial score (nSPS) is 23.9. The molecule has 0 saturated heterocycles. The maximum atomic E-state index is 5.98. The molecule has 0 atom stereocenters. The number of fused-ring (bicyclic) bond motifs is 1. The highest BCUT2D eigenvalue weighted by Crippen LogP contribution is 2.37. The predicted octanol–water partition coefficient (Wildman–Crippen LogP) is 3.13. The number of halogens is 1. The van der Waals surface area contributed by atoms with Gasteiger partial charge in [-0.05, 0) is 25.0 Å². The third-order valence-corrected chi connectivity index (χ3v) is 3.80. The highest BCUT2D eigenvalue weighted by atomic mass is 35.5. The second-order valence-corrected chi connectivity index (χ2v) is 4.77. The van der Waals surface area contributed by atoms with Crippen LogP contribution in [0.25, 0.3) is 11.0 Å². The number of alkyl halides is 1. The quantitative estimate of drug-likeness (QED) is 0.783. The minimum atomic E-state index is 0.393. The first-order chi connectivity index (χ1) is 8.33. The molecule has 0 N–H and O–H groups in total. The van der Waals surface area contributed by atoms with Gasteiger partial charge in [-0.15, -0.1) is 11.6 Å². The number of methoxy groups -OCH3 is 1. The number of hydrogen-bond donors (Lipinski definition) is 0. The van der Waals surface area contributed by atoms with Crippen LogP contribution >= 0.6 is 11.6 Å². The topological polar surface area (TPSA) is 27.1 Å². The van der Waals surface area contributed by atoms with E-state index in [2.05, 4.69) is 15.6 Å². The van der Waals surface area contributed by atoms with Gasteiger partial charge in [0.1, 0.15) is 5.82 Å². The van der Waals surface area contributed by atoms with Crippen LogP contribution < -0.4 is 0 Å². The lowest BCUT2D eigenvalue weighted by atomic mass is 9.89. The lowest BCUT2D eigenvalue weighted by molar-refractivity contribution is 0.00675. The summed E-state index contributed by atoms with van der Waals surface area (Å²) in [7, 11) is 1.77. The zero-order chi connectivity index (χ0) is 11.8. The van der Waals surface area contributed by atoms with Crippen molar-refractivity contribution >= 4 is 22.6 Å². The minimum Gasteiger partial charge on any atom is -0.381 e. The van der Waals surface area contributed by atoms with Crippen molar-refractivity contribution in [3.8, 4) is 0 Å². The van der Waals surface area contributed by atoms with Crippen LogP contribution in [0.3, 0.4) is 0 Å². The first kappa shape index (κ1) is 11.1. The van der Waals surface area contributed by atoms with Gasteiger partial charge in [0.25, 0.3) is 0 Å². The summed E-state index contributed by atoms with van der Waals surface area (Å²) in [5.74, 6) is 1.43. The van der Waals surface area contributed by atoms with Gasteiger partial charge in [0.2, 0.25) is 0 Å². The zero-order valence-electron chi connectivity index (χ0n) is 9.77. The van der Waals surface area contributed by atoms with E-state index in [4.69, 9.17) is 16.3 Å². The summed E-state index contributed by atoms with van der Waals surface area (Å²) in [5.41, 5.74) is 2.21. The van der Waals surface area contributed by atoms with Crippen molar-refractivity contribution in [2.45, 2.75) is 30.9 Å². The minimum absolute atomic E-state index is 0.393. The first-order valence-corrected chi connectivity index (χ1v) is 6.41. The lowest BCUT2D eigenvalue weighted by Gasteiger charge is -2.36. The summed E-state index contributed by atoms with van der Waals surface area (Å²) in [6, 6.07) is 8.69. The van der Waals surface area contributed by atoms with Gasteiger partial charge >= 0.3 is 0 Å². The first-order valence-electron chi connectivity index (χ1n) is 5.88. The van der Waals surface area contributed by atoms with Crippen molar-refractivity contribution in [2.75, 3.05) is 7.11 Å². The number of hydrogen-bond acceptors (Lipinski definition) is 2. The van der Waals surface area contributed by atoms with Gasteiger partial charge in [0.05, 0.1) is 23.0 Å². The Bertz CT molecular complexity index is 531. The van der Waals surface area contributed by atoms with Crippen LogP contribution in [0.2, 0.25) is 0 Å². The standard InChI is InChI=1S/C13H15ClN2O/c1-17-10-6-9(7-10)16-12-5-3-2-4-11(12)15-13(16)8-14/h2-5,9-10H,6-8H2,1H3. The molecule has 0 unspecified atom stereocenters. The lowest BCUT2D eigenvalue weighted by Crippen LogP contribution is -2.33. The number of benzene rings is 1. The van der Waals surface area contributed by atoms with Crippen LogP contribution in [0, 0.1) is 0 Å². The van der Waals surface area contributed by atoms with Crippen molar-refractivity contribution in [3.05, 3.63) is 30.1 Å². The van der Waals surface area contributed by atoms with E-state index in [9.17, 15) is 0 Å². The molecule has 0 aliphatic heterocycles. The summed E-state index contributed by atoms with van der Waals surface area (Å²) < 4.78 is 7.61. The molecule has 1 aromatic carbocycles. The Kier molecular flexibility index (Phi) is 2.81. The molecule has 17 heavy (non-hydrogen) atoms. The molecular weight excluding hydrogens is 236 g/mol. The summed E-state index contributed by atoms with van der Waals surface area (Å²) in [6.07, 6.45) is 2.51. The monoisotopic (exact) mass is 250 g/mol. The Morgan fingerprint density at radius 3 is 2.88 bits per heavy atom. The molecule has 90 valence electrons. The molecule has 1 fully saturated rings. The van der Waals surface area contributed by atoms with Crippen molar-refractivity contribution in [1.29, 1.82) is 0 Å². The van der Waals surface area contributed by atoms with Gasteiger partial charge in [-0.3, -0.25) is 0 Å². The largest absolute Gasteiger partial charge is 0.381 e. The van der Waals surface area contributed by atoms with Crippen LogP contribution in [0.15, 0.2) is 24.3 Å². The number of nitrogens with zero attached hydrogens (tertiary/aromatic N) is 2. The number of ether oxygens (including phenoxy) is 1. The molecule has 1 heterocycles. The van der Waals surface area contributed by atoms with E-state index in [0.29, 0.717) is 18.0 Å². The molecule has 4 heteroatoms. The fraction of sp³-hybridized carbons (Fsp3) is 0.462. The van der Waals surface area contributed by atoms with Crippen molar-refractivity contribution < 1.29 is 4.74 Å².